The van der Waals surface area contributed by atoms with Gasteiger partial charge in [-0.2, -0.15) is 5.26 Å². The molecule has 0 saturated carbocycles. The van der Waals surface area contributed by atoms with E-state index in [1.54, 1.807) is 7.11 Å². The van der Waals surface area contributed by atoms with Gasteiger partial charge >= 0.3 is 0 Å². The van der Waals surface area contributed by atoms with Gasteiger partial charge in [0.15, 0.2) is 10.9 Å². The predicted molar refractivity (Wildman–Crippen MR) is 80.9 cm³/mol. The molecule has 3 N–H and O–H groups in total. The van der Waals surface area contributed by atoms with E-state index in [0.717, 1.165) is 16.8 Å². The molecule has 0 radical (unpaired) electrons. The smallest absolute Gasteiger partial charge is 0.185 e. The number of nitrogens with one attached hydrogen (secondary N) is 1. The average Bonchev–Trinajstić information content (AvgIpc) is 2.87. The normalized spacial score (nSPS) is 11.9. The highest BCUT2D eigenvalue weighted by Crippen LogP contribution is 2.23. The van der Waals surface area contributed by atoms with Gasteiger partial charge in [-0.25, -0.2) is 4.98 Å². The molecule has 0 bridgehead atoms. The van der Waals surface area contributed by atoms with Gasteiger partial charge in [0.2, 0.25) is 0 Å². The third-order valence-electron chi connectivity index (χ3n) is 2.79. The summed E-state index contributed by atoms with van der Waals surface area (Å²) < 4.78 is 5.14. The van der Waals surface area contributed by atoms with E-state index in [1.165, 1.54) is 18.7 Å². The quantitative estimate of drug-likeness (QED) is 0.497. The second kappa shape index (κ2) is 6.33. The van der Waals surface area contributed by atoms with Crippen LogP contribution < -0.4 is 10.5 Å². The number of carbonyl (C=O) groups excluding carboxylic acids is 1. The van der Waals surface area contributed by atoms with Gasteiger partial charge in [-0.15, -0.1) is 0 Å². The number of nitrogens with two attached hydrogens (primary N) is 1. The number of hydrogen-bond acceptors (Lipinski definition) is 6. The first-order chi connectivity index (χ1) is 10.0. The first-order valence-electron chi connectivity index (χ1n) is 6.11. The molecule has 1 aromatic heterocycles. The van der Waals surface area contributed by atoms with E-state index in [-0.39, 0.29) is 22.8 Å². The van der Waals surface area contributed by atoms with Crippen LogP contribution in [0.1, 0.15) is 6.92 Å². The molecule has 0 aliphatic heterocycles. The van der Waals surface area contributed by atoms with Crippen molar-refractivity contribution in [3.63, 3.8) is 0 Å². The first kappa shape index (κ1) is 14.9. The predicted octanol–water partition coefficient (Wildman–Crippen LogP) is 1.99. The second-order valence-electron chi connectivity index (χ2n) is 4.31. The topological polar surface area (TPSA) is 105 Å². The van der Waals surface area contributed by atoms with Crippen molar-refractivity contribution in [3.8, 4) is 11.8 Å². The number of imidazole rings is 1. The number of hydrogen-bond donors (Lipinski definition) is 2. The molecule has 0 atom stereocenters. The molecule has 0 unspecified atom stereocenters. The van der Waals surface area contributed by atoms with E-state index < -0.39 is 0 Å². The molecule has 0 fully saturated rings. The standard InChI is InChI=1S/C14H14N4O2S/c1-8(16)10(6-15)13(19)7-21-14-17-11-4-3-9(20-2)5-12(11)18-14/h3-5H,7,16H2,1-2H3,(H,17,18)/b10-8+. The second-order valence-corrected chi connectivity index (χ2v) is 5.27. The van der Waals surface area contributed by atoms with Crippen LogP contribution in [0.25, 0.3) is 11.0 Å². The summed E-state index contributed by atoms with van der Waals surface area (Å²) in [5, 5.41) is 9.49. The third-order valence-corrected chi connectivity index (χ3v) is 3.67. The van der Waals surface area contributed by atoms with E-state index in [9.17, 15) is 4.79 Å². The zero-order valence-corrected chi connectivity index (χ0v) is 12.5. The Labute approximate surface area is 126 Å². The molecule has 0 saturated heterocycles. The molecular formula is C14H14N4O2S. The molecule has 108 valence electrons. The van der Waals surface area contributed by atoms with Crippen molar-refractivity contribution in [3.05, 3.63) is 29.5 Å². The lowest BCUT2D eigenvalue weighted by molar-refractivity contribution is -0.112. The zero-order chi connectivity index (χ0) is 15.4. The number of allylic oxidation sites excluding steroid dienone is 2. The van der Waals surface area contributed by atoms with Gasteiger partial charge in [0.25, 0.3) is 0 Å². The Morgan fingerprint density at radius 3 is 2.95 bits per heavy atom. The SMILES string of the molecule is COc1ccc2nc(SCC(=O)/C(C#N)=C(\C)N)[nH]c2c1. The van der Waals surface area contributed by atoms with Crippen LogP contribution in [-0.4, -0.2) is 28.6 Å². The zero-order valence-electron chi connectivity index (χ0n) is 11.6. The maximum atomic E-state index is 11.9. The van der Waals surface area contributed by atoms with Crippen LogP contribution in [0.2, 0.25) is 0 Å². The van der Waals surface area contributed by atoms with Crippen LogP contribution in [0.3, 0.4) is 0 Å². The lowest BCUT2D eigenvalue weighted by Crippen LogP contribution is -2.10. The summed E-state index contributed by atoms with van der Waals surface area (Å²) in [4.78, 5) is 19.3. The van der Waals surface area contributed by atoms with Gasteiger partial charge < -0.3 is 15.5 Å². The average molecular weight is 302 g/mol. The molecule has 0 amide bonds. The number of rotatable bonds is 5. The van der Waals surface area contributed by atoms with Crippen molar-refractivity contribution in [1.29, 1.82) is 5.26 Å². The summed E-state index contributed by atoms with van der Waals surface area (Å²) in [5.74, 6) is 0.529. The van der Waals surface area contributed by atoms with E-state index in [4.69, 9.17) is 15.7 Å². The Bertz CT molecular complexity index is 754. The molecule has 1 aromatic carbocycles. The molecule has 21 heavy (non-hydrogen) atoms. The van der Waals surface area contributed by atoms with Crippen LogP contribution in [-0.2, 0) is 4.79 Å². The van der Waals surface area contributed by atoms with Crippen molar-refractivity contribution in [2.45, 2.75) is 12.1 Å². The van der Waals surface area contributed by atoms with E-state index >= 15 is 0 Å². The minimum atomic E-state index is -0.305. The van der Waals surface area contributed by atoms with Gasteiger partial charge in [0, 0.05) is 11.8 Å². The molecule has 1 heterocycles. The number of Topliss-reactive ketones (excluding diaryl/α,β-unsaturated/α-hetero) is 1. The van der Waals surface area contributed by atoms with Gasteiger partial charge in [-0.3, -0.25) is 4.79 Å². The third kappa shape index (κ3) is 3.35. The van der Waals surface area contributed by atoms with Gasteiger partial charge in [-0.1, -0.05) is 11.8 Å². The number of H-pyrrole nitrogens is 1. The van der Waals surface area contributed by atoms with Gasteiger partial charge in [-0.05, 0) is 19.1 Å². The summed E-state index contributed by atoms with van der Waals surface area (Å²) in [6, 6.07) is 7.31. The number of ether oxygens (including phenoxy) is 1. The Hall–Kier alpha value is -2.46. The Kier molecular flexibility index (Phi) is 4.50. The number of thioether (sulfide) groups is 1. The number of benzene rings is 1. The van der Waals surface area contributed by atoms with Crippen molar-refractivity contribution in [2.24, 2.45) is 5.73 Å². The number of aromatic nitrogens is 2. The van der Waals surface area contributed by atoms with Crippen LogP contribution in [0, 0.1) is 11.3 Å². The minimum absolute atomic E-state index is 0.000260. The molecule has 0 aliphatic carbocycles. The summed E-state index contributed by atoms with van der Waals surface area (Å²) >= 11 is 1.23. The highest BCUT2D eigenvalue weighted by molar-refractivity contribution is 7.99. The molecule has 2 aromatic rings. The fourth-order valence-electron chi connectivity index (χ4n) is 1.74. The molecule has 7 heteroatoms. The van der Waals surface area contributed by atoms with E-state index in [0.29, 0.717) is 5.16 Å². The van der Waals surface area contributed by atoms with Crippen molar-refractivity contribution in [1.82, 2.24) is 9.97 Å². The van der Waals surface area contributed by atoms with Crippen molar-refractivity contribution < 1.29 is 9.53 Å². The van der Waals surface area contributed by atoms with Crippen molar-refractivity contribution >= 4 is 28.6 Å². The first-order valence-corrected chi connectivity index (χ1v) is 7.10. The summed E-state index contributed by atoms with van der Waals surface area (Å²) in [6.45, 7) is 1.54. The largest absolute Gasteiger partial charge is 0.497 e. The lowest BCUT2D eigenvalue weighted by atomic mass is 10.2. The summed E-state index contributed by atoms with van der Waals surface area (Å²) in [5.41, 5.74) is 7.35. The fourth-order valence-corrected chi connectivity index (χ4v) is 2.49. The highest BCUT2D eigenvalue weighted by atomic mass is 32.2. The number of aromatic amines is 1. The maximum Gasteiger partial charge on any atom is 0.185 e. The Morgan fingerprint density at radius 2 is 2.33 bits per heavy atom. The van der Waals surface area contributed by atoms with E-state index in [1.807, 2.05) is 24.3 Å². The molecule has 2 rings (SSSR count). The number of ketones is 1. The monoisotopic (exact) mass is 302 g/mol. The summed E-state index contributed by atoms with van der Waals surface area (Å²) in [6.07, 6.45) is 0. The van der Waals surface area contributed by atoms with Crippen LogP contribution in [0.5, 0.6) is 5.75 Å². The summed E-state index contributed by atoms with van der Waals surface area (Å²) in [7, 11) is 1.59. The number of fused-ring (bicyclic) bond motifs is 1. The number of nitriles is 1. The number of methoxy groups -OCH3 is 1. The van der Waals surface area contributed by atoms with E-state index in [2.05, 4.69) is 9.97 Å². The van der Waals surface area contributed by atoms with Crippen LogP contribution in [0.4, 0.5) is 0 Å². The lowest BCUT2D eigenvalue weighted by Gasteiger charge is -1.99. The number of nitrogens with zero attached hydrogens (tertiary/aromatic N) is 2. The maximum absolute atomic E-state index is 11.9. The highest BCUT2D eigenvalue weighted by Gasteiger charge is 2.13. The molecule has 0 aliphatic rings. The van der Waals surface area contributed by atoms with Crippen LogP contribution in [0.15, 0.2) is 34.6 Å². The minimum Gasteiger partial charge on any atom is -0.497 e. The van der Waals surface area contributed by atoms with Gasteiger partial charge in [0.1, 0.15) is 17.4 Å². The van der Waals surface area contributed by atoms with Crippen LogP contribution >= 0.6 is 11.8 Å². The molecular weight excluding hydrogens is 288 g/mol. The molecule has 0 spiro atoms. The fraction of sp³-hybridized carbons (Fsp3) is 0.214. The van der Waals surface area contributed by atoms with Crippen molar-refractivity contribution in [2.75, 3.05) is 12.9 Å². The van der Waals surface area contributed by atoms with Gasteiger partial charge in [0.05, 0.1) is 23.9 Å². The number of carbonyl (C=O) groups is 1. The molecule has 6 nitrogen and oxygen atoms in total. The Balaban J connectivity index is 2.13. The Morgan fingerprint density at radius 1 is 1.57 bits per heavy atom.